The molecule has 0 radical (unpaired) electrons. The summed E-state index contributed by atoms with van der Waals surface area (Å²) in [6.45, 7) is 11.5. The molecule has 0 aromatic heterocycles. The first-order valence-corrected chi connectivity index (χ1v) is 8.94. The average molecular weight is 362 g/mol. The fraction of sp³-hybridized carbons (Fsp3) is 0.474. The Balaban J connectivity index is 2.03. The third-order valence-corrected chi connectivity index (χ3v) is 5.65. The molecule has 5 nitrogen and oxygen atoms in total. The monoisotopic (exact) mass is 361 g/mol. The van der Waals surface area contributed by atoms with Crippen molar-refractivity contribution in [1.29, 1.82) is 0 Å². The van der Waals surface area contributed by atoms with E-state index in [2.05, 4.69) is 23.0 Å². The number of likely N-dealkylation sites (tertiary alicyclic amines) is 2. The predicted molar refractivity (Wildman–Crippen MR) is 101 cm³/mol. The molecular weight excluding hydrogens is 338 g/mol. The molecule has 0 amide bonds. The maximum Gasteiger partial charge on any atom is 0.254 e. The summed E-state index contributed by atoms with van der Waals surface area (Å²) in [5, 5.41) is 13.0. The molecule has 2 aliphatic rings. The van der Waals surface area contributed by atoms with Crippen LogP contribution < -0.4 is 0 Å². The van der Waals surface area contributed by atoms with Crippen LogP contribution in [0.3, 0.4) is 0 Å². The minimum atomic E-state index is -1.03. The van der Waals surface area contributed by atoms with Gasteiger partial charge in [-0.05, 0) is 23.6 Å². The lowest BCUT2D eigenvalue weighted by Gasteiger charge is -2.52. The molecule has 0 unspecified atom stereocenters. The van der Waals surface area contributed by atoms with Crippen molar-refractivity contribution in [1.82, 2.24) is 9.80 Å². The van der Waals surface area contributed by atoms with Crippen molar-refractivity contribution < 1.29 is 4.92 Å². The Morgan fingerprint density at radius 2 is 1.68 bits per heavy atom. The standard InChI is InChI=1S/C19H24ClN3O2/c1-3-9-21-11-16-12-22(10-4-2)14-19(13-21,23(24)25)18(16)15-5-7-17(20)8-6-15/h3-8,16,18H,1-2,9-14H2/t16?,18-,19?/m0/s1. The maximum atomic E-state index is 12.3. The van der Waals surface area contributed by atoms with Gasteiger partial charge in [0.1, 0.15) is 0 Å². The Morgan fingerprint density at radius 1 is 1.16 bits per heavy atom. The molecule has 0 spiro atoms. The van der Waals surface area contributed by atoms with Crippen molar-refractivity contribution in [3.8, 4) is 0 Å². The van der Waals surface area contributed by atoms with E-state index in [-0.39, 0.29) is 16.8 Å². The molecule has 134 valence electrons. The molecule has 2 fully saturated rings. The van der Waals surface area contributed by atoms with Crippen LogP contribution in [0, 0.1) is 16.0 Å². The minimum Gasteiger partial charge on any atom is -0.292 e. The first-order valence-electron chi connectivity index (χ1n) is 8.56. The van der Waals surface area contributed by atoms with Crippen LogP contribution in [0.4, 0.5) is 0 Å². The number of fused-ring (bicyclic) bond motifs is 2. The summed E-state index contributed by atoms with van der Waals surface area (Å²) < 4.78 is 0. The van der Waals surface area contributed by atoms with Crippen LogP contribution in [0.1, 0.15) is 11.5 Å². The Hall–Kier alpha value is -1.69. The zero-order valence-corrected chi connectivity index (χ0v) is 15.1. The Labute approximate surface area is 153 Å². The molecule has 3 rings (SSSR count). The SMILES string of the molecule is C=CCN1CC2CN(CC=C)CC([N+](=O)[O-])(C1)[C@H]2c1ccc(Cl)cc1. The number of hydrogen-bond acceptors (Lipinski definition) is 4. The van der Waals surface area contributed by atoms with E-state index in [0.717, 1.165) is 18.7 Å². The number of piperidine rings is 2. The van der Waals surface area contributed by atoms with Gasteiger partial charge in [0.25, 0.3) is 5.54 Å². The van der Waals surface area contributed by atoms with Crippen molar-refractivity contribution in [2.24, 2.45) is 5.92 Å². The van der Waals surface area contributed by atoms with Crippen LogP contribution in [0.15, 0.2) is 49.6 Å². The third-order valence-electron chi connectivity index (χ3n) is 5.40. The van der Waals surface area contributed by atoms with E-state index in [9.17, 15) is 10.1 Å². The molecule has 0 saturated carbocycles. The average Bonchev–Trinajstić information content (AvgIpc) is 2.55. The van der Waals surface area contributed by atoms with Gasteiger partial charge in [0.05, 0.1) is 19.0 Å². The van der Waals surface area contributed by atoms with Crippen LogP contribution >= 0.6 is 11.6 Å². The molecule has 6 heteroatoms. The number of nitrogens with zero attached hydrogens (tertiary/aromatic N) is 3. The van der Waals surface area contributed by atoms with E-state index in [1.807, 2.05) is 36.4 Å². The van der Waals surface area contributed by atoms with Crippen LogP contribution in [0.5, 0.6) is 0 Å². The zero-order valence-electron chi connectivity index (χ0n) is 14.3. The van der Waals surface area contributed by atoms with Gasteiger partial charge >= 0.3 is 0 Å². The van der Waals surface area contributed by atoms with E-state index in [4.69, 9.17) is 11.6 Å². The topological polar surface area (TPSA) is 49.6 Å². The third kappa shape index (κ3) is 3.36. The number of halogens is 1. The number of nitro groups is 1. The van der Waals surface area contributed by atoms with Crippen LogP contribution in [0.2, 0.25) is 5.02 Å². The molecule has 2 aliphatic heterocycles. The summed E-state index contributed by atoms with van der Waals surface area (Å²) in [5.74, 6) is 0.0795. The molecule has 1 aromatic rings. The van der Waals surface area contributed by atoms with Gasteiger partial charge < -0.3 is 0 Å². The molecule has 2 heterocycles. The smallest absolute Gasteiger partial charge is 0.254 e. The summed E-state index contributed by atoms with van der Waals surface area (Å²) in [6, 6.07) is 7.56. The van der Waals surface area contributed by atoms with Gasteiger partial charge in [-0.25, -0.2) is 0 Å². The van der Waals surface area contributed by atoms with Gasteiger partial charge in [0.2, 0.25) is 0 Å². The first kappa shape index (κ1) is 18.1. The number of benzene rings is 1. The largest absolute Gasteiger partial charge is 0.292 e. The molecule has 25 heavy (non-hydrogen) atoms. The van der Waals surface area contributed by atoms with E-state index < -0.39 is 5.54 Å². The second-order valence-electron chi connectivity index (χ2n) is 7.12. The summed E-state index contributed by atoms with van der Waals surface area (Å²) in [4.78, 5) is 16.6. The predicted octanol–water partition coefficient (Wildman–Crippen LogP) is 3.06. The molecule has 1 aromatic carbocycles. The van der Waals surface area contributed by atoms with Gasteiger partial charge in [0.15, 0.2) is 0 Å². The van der Waals surface area contributed by atoms with E-state index >= 15 is 0 Å². The second kappa shape index (κ2) is 7.28. The molecular formula is C19H24ClN3O2. The molecule has 2 saturated heterocycles. The summed E-state index contributed by atoms with van der Waals surface area (Å²) in [5.41, 5.74) is -0.0105. The molecule has 2 bridgehead atoms. The molecule has 1 atom stereocenters. The highest BCUT2D eigenvalue weighted by Crippen LogP contribution is 2.46. The fourth-order valence-electron chi connectivity index (χ4n) is 4.65. The van der Waals surface area contributed by atoms with Gasteiger partial charge in [-0.15, -0.1) is 13.2 Å². The van der Waals surface area contributed by atoms with Gasteiger partial charge in [-0.3, -0.25) is 19.9 Å². The highest BCUT2D eigenvalue weighted by Gasteiger charge is 2.61. The van der Waals surface area contributed by atoms with Crippen molar-refractivity contribution in [2.75, 3.05) is 39.3 Å². The van der Waals surface area contributed by atoms with Gasteiger partial charge in [-0.1, -0.05) is 35.9 Å². The van der Waals surface area contributed by atoms with Crippen LogP contribution in [-0.4, -0.2) is 59.5 Å². The van der Waals surface area contributed by atoms with Crippen LogP contribution in [-0.2, 0) is 0 Å². The lowest BCUT2D eigenvalue weighted by atomic mass is 9.66. The molecule has 0 aliphatic carbocycles. The van der Waals surface area contributed by atoms with Crippen molar-refractivity contribution >= 4 is 11.6 Å². The van der Waals surface area contributed by atoms with Gasteiger partial charge in [0, 0.05) is 36.1 Å². The Kier molecular flexibility index (Phi) is 5.27. The van der Waals surface area contributed by atoms with Crippen LogP contribution in [0.25, 0.3) is 0 Å². The number of rotatable bonds is 6. The van der Waals surface area contributed by atoms with Crippen molar-refractivity contribution in [3.05, 3.63) is 70.3 Å². The highest BCUT2D eigenvalue weighted by molar-refractivity contribution is 6.30. The van der Waals surface area contributed by atoms with E-state index in [1.54, 1.807) is 0 Å². The fourth-order valence-corrected chi connectivity index (χ4v) is 4.77. The minimum absolute atomic E-state index is 0.0518. The van der Waals surface area contributed by atoms with E-state index in [0.29, 0.717) is 31.2 Å². The van der Waals surface area contributed by atoms with Crippen molar-refractivity contribution in [2.45, 2.75) is 11.5 Å². The quantitative estimate of drug-likeness (QED) is 0.444. The first-order chi connectivity index (χ1) is 12.0. The number of hydrogen-bond donors (Lipinski definition) is 0. The normalized spacial score (nSPS) is 30.0. The summed E-state index contributed by atoms with van der Waals surface area (Å²) in [7, 11) is 0. The lowest BCUT2D eigenvalue weighted by Crippen LogP contribution is -2.70. The molecule has 0 N–H and O–H groups in total. The lowest BCUT2D eigenvalue weighted by molar-refractivity contribution is -0.585. The second-order valence-corrected chi connectivity index (χ2v) is 7.55. The Morgan fingerprint density at radius 3 is 2.12 bits per heavy atom. The highest BCUT2D eigenvalue weighted by atomic mass is 35.5. The van der Waals surface area contributed by atoms with Gasteiger partial charge in [-0.2, -0.15) is 0 Å². The summed E-state index contributed by atoms with van der Waals surface area (Å²) >= 11 is 6.02. The maximum absolute atomic E-state index is 12.3. The zero-order chi connectivity index (χ0) is 18.0. The van der Waals surface area contributed by atoms with Crippen molar-refractivity contribution in [3.63, 3.8) is 0 Å². The summed E-state index contributed by atoms with van der Waals surface area (Å²) in [6.07, 6.45) is 3.65. The Bertz CT molecular complexity index is 639. The van der Waals surface area contributed by atoms with E-state index in [1.165, 1.54) is 0 Å².